The van der Waals surface area contributed by atoms with E-state index >= 15 is 0 Å². The van der Waals surface area contributed by atoms with E-state index in [2.05, 4.69) is 107 Å². The highest BCUT2D eigenvalue weighted by Gasteiger charge is 2.34. The van der Waals surface area contributed by atoms with Gasteiger partial charge in [0.25, 0.3) is 29.5 Å². The van der Waals surface area contributed by atoms with E-state index < -0.39 is 112 Å². The van der Waals surface area contributed by atoms with Crippen LogP contribution in [0.2, 0.25) is 55.9 Å². The van der Waals surface area contributed by atoms with Crippen molar-refractivity contribution in [1.82, 2.24) is 48.9 Å². The number of benzene rings is 5. The van der Waals surface area contributed by atoms with E-state index in [9.17, 15) is 55.6 Å². The molecule has 5 amide bonds. The number of amides is 5. The molecule has 0 bridgehead atoms. The fourth-order valence-electron chi connectivity index (χ4n) is 9.51. The monoisotopic (exact) mass is 2160 g/mol. The molecule has 0 aliphatic heterocycles. The largest absolute Gasteiger partial charge is 0.471 e. The van der Waals surface area contributed by atoms with Crippen molar-refractivity contribution in [2.24, 2.45) is 0 Å². The molecule has 60 heteroatoms. The lowest BCUT2D eigenvalue weighted by atomic mass is 10.2. The van der Waals surface area contributed by atoms with Crippen molar-refractivity contribution in [2.75, 3.05) is 26.6 Å². The normalized spacial score (nSPS) is 12.4. The first-order chi connectivity index (χ1) is 56.6. The number of hydrogen-bond acceptors (Lipinski definition) is 20. The van der Waals surface area contributed by atoms with E-state index in [1.54, 1.807) is 80.6 Å². The van der Waals surface area contributed by atoms with Crippen molar-refractivity contribution in [3.8, 4) is 0 Å². The standard InChI is InChI=1S/C13H13BrCl2N3O5P.C13H13Cl3N3O5P.C13H13Cl2FN3O5P.C12H11BrCl2N3O5P.C12H11Cl2FN3O5P/c1-6-3-4-9(8(15)5-6)17-13(20)11-10(14)12(16)18-19(11)7(2)24-25(21,22)23;1-6-3-4-9(8(14)5-6)17-13(20)11-10(15)12(16)18-19(11)7(2)24-25(21,22)23;1-6-3-4-9(8(16)5-6)17-13(20)11-10(14)12(15)18-19(11)7(2)24-25(21,22)23;1-6-2-3-8(7(14)4-6)16-12(19)10-9(13)11(15)17-18(10)5-23-24(20,21)22;1-6-2-3-8(7(15)4-6)16-12(19)10-9(13)11(14)17-18(10)5-23-24(20,21)22/h3*3-5,7H,1-2H3,(H,17,20)(H2,21,22,23);2*2-4H,5H2,1H3,(H,16,19)(H2,20,21,22). The Morgan fingerprint density at radius 2 is 0.593 bits per heavy atom. The minimum absolute atomic E-state index is 0.0653. The summed E-state index contributed by atoms with van der Waals surface area (Å²) in [6, 6.07) is 23.4. The number of nitrogens with one attached hydrogen (secondary N) is 5. The molecule has 5 aromatic heterocycles. The third kappa shape index (κ3) is 31.8. The van der Waals surface area contributed by atoms with Gasteiger partial charge in [-0.1, -0.05) is 158 Å². The molecule has 5 heterocycles. The molecule has 3 unspecified atom stereocenters. The maximum atomic E-state index is 13.9. The van der Waals surface area contributed by atoms with Gasteiger partial charge in [0.1, 0.15) is 55.2 Å². The van der Waals surface area contributed by atoms with Gasteiger partial charge in [-0.2, -0.15) is 25.5 Å². The summed E-state index contributed by atoms with van der Waals surface area (Å²) >= 11 is 71.4. The predicted molar refractivity (Wildman–Crippen MR) is 457 cm³/mol. The Balaban J connectivity index is 0.000000238. The maximum Gasteiger partial charge on any atom is 0.471 e. The summed E-state index contributed by atoms with van der Waals surface area (Å²) in [4.78, 5) is 151. The number of aryl methyl sites for hydroxylation is 5. The Morgan fingerprint density at radius 1 is 0.358 bits per heavy atom. The second-order valence-corrected chi connectivity index (χ2v) is 36.2. The van der Waals surface area contributed by atoms with Gasteiger partial charge < -0.3 is 75.5 Å². The number of phosphoric ester groups is 5. The van der Waals surface area contributed by atoms with Gasteiger partial charge in [-0.05, 0) is 176 Å². The van der Waals surface area contributed by atoms with Crippen molar-refractivity contribution in [2.45, 2.75) is 87.5 Å². The average molecular weight is 2170 g/mol. The first kappa shape index (κ1) is 106. The number of carbonyl (C=O) groups excluding carboxylic acids is 5. The molecule has 0 saturated carbocycles. The van der Waals surface area contributed by atoms with E-state index in [0.717, 1.165) is 40.1 Å². The van der Waals surface area contributed by atoms with Gasteiger partial charge in [-0.25, -0.2) is 55.0 Å². The van der Waals surface area contributed by atoms with Gasteiger partial charge in [0.05, 0.1) is 52.5 Å². The van der Waals surface area contributed by atoms with Crippen LogP contribution in [0.3, 0.4) is 0 Å². The van der Waals surface area contributed by atoms with Gasteiger partial charge in [-0.3, -0.25) is 46.6 Å². The number of hydrogen-bond donors (Lipinski definition) is 15. The summed E-state index contributed by atoms with van der Waals surface area (Å²) in [7, 11) is -24.0. The number of rotatable bonds is 25. The molecular weight excluding hydrogens is 2110 g/mol. The number of aromatic nitrogens is 10. The van der Waals surface area contributed by atoms with Gasteiger partial charge in [0.15, 0.2) is 57.9 Å². The van der Waals surface area contributed by atoms with Crippen LogP contribution in [-0.4, -0.2) is 127 Å². The second kappa shape index (κ2) is 44.9. The van der Waals surface area contributed by atoms with Crippen molar-refractivity contribution in [3.05, 3.63) is 224 Å². The summed E-state index contributed by atoms with van der Waals surface area (Å²) in [5.41, 5.74) is 3.80. The highest BCUT2D eigenvalue weighted by molar-refractivity contribution is 9.11. The Kier molecular flexibility index (Phi) is 38.6. The number of anilines is 5. The van der Waals surface area contributed by atoms with E-state index in [-0.39, 0.29) is 89.6 Å². The highest BCUT2D eigenvalue weighted by Crippen LogP contribution is 2.46. The molecule has 10 rings (SSSR count). The molecule has 123 heavy (non-hydrogen) atoms. The summed E-state index contributed by atoms with van der Waals surface area (Å²) in [6.07, 6.45) is -3.92. The van der Waals surface area contributed by atoms with E-state index in [1.165, 1.54) is 45.0 Å². The molecule has 668 valence electrons. The van der Waals surface area contributed by atoms with Gasteiger partial charge in [-0.15, -0.1) is 0 Å². The first-order valence-electron chi connectivity index (χ1n) is 32.8. The zero-order valence-corrected chi connectivity index (χ0v) is 78.7. The average Bonchev–Trinajstić information content (AvgIpc) is 1.67. The van der Waals surface area contributed by atoms with Crippen LogP contribution in [0.4, 0.5) is 37.2 Å². The van der Waals surface area contributed by atoms with E-state index in [0.29, 0.717) is 43.3 Å². The third-order valence-electron chi connectivity index (χ3n) is 14.7. The molecule has 3 atom stereocenters. The minimum Gasteiger partial charge on any atom is -0.319 e. The van der Waals surface area contributed by atoms with Crippen LogP contribution >= 0.6 is 199 Å². The smallest absolute Gasteiger partial charge is 0.319 e. The molecule has 0 radical (unpaired) electrons. The van der Waals surface area contributed by atoms with Crippen LogP contribution in [0, 0.1) is 46.3 Å². The van der Waals surface area contributed by atoms with Crippen LogP contribution in [0.15, 0.2) is 99.9 Å². The fraction of sp³-hybridized carbons (Fsp3) is 0.206. The molecule has 15 N–H and O–H groups in total. The Morgan fingerprint density at radius 3 is 0.911 bits per heavy atom. The molecule has 0 spiro atoms. The first-order valence-corrected chi connectivity index (χ1v) is 46.2. The Labute approximate surface area is 764 Å². The molecule has 5 aromatic carbocycles. The molecular formula is C63H61Br2Cl11F2N15O25P5. The molecule has 0 aliphatic carbocycles. The molecule has 10 aromatic rings. The summed E-state index contributed by atoms with van der Waals surface area (Å²) in [6.45, 7) is 11.3. The van der Waals surface area contributed by atoms with Crippen LogP contribution in [-0.2, 0) is 58.9 Å². The lowest BCUT2D eigenvalue weighted by molar-refractivity contribution is 0.0801. The summed E-state index contributed by atoms with van der Waals surface area (Å²) < 4.78 is 109. The highest BCUT2D eigenvalue weighted by atomic mass is 79.9. The number of carbonyl (C=O) groups is 5. The van der Waals surface area contributed by atoms with Crippen LogP contribution < -0.4 is 26.6 Å². The summed E-state index contributed by atoms with van der Waals surface area (Å²) in [5.74, 6) is -5.09. The molecule has 40 nitrogen and oxygen atoms in total. The van der Waals surface area contributed by atoms with Crippen LogP contribution in [0.1, 0.15) is 120 Å². The zero-order chi connectivity index (χ0) is 93.0. The van der Waals surface area contributed by atoms with Gasteiger partial charge in [0.2, 0.25) is 0 Å². The van der Waals surface area contributed by atoms with Crippen LogP contribution in [0.5, 0.6) is 0 Å². The van der Waals surface area contributed by atoms with E-state index in [1.807, 2.05) is 20.8 Å². The Bertz CT molecular complexity index is 5440. The topological polar surface area (TPSA) is 568 Å². The third-order valence-corrected chi connectivity index (χ3v) is 22.9. The maximum absolute atomic E-state index is 13.9. The van der Waals surface area contributed by atoms with Crippen molar-refractivity contribution >= 4 is 257 Å². The van der Waals surface area contributed by atoms with Crippen LogP contribution in [0.25, 0.3) is 0 Å². The number of phosphoric acid groups is 5. The van der Waals surface area contributed by atoms with Crippen molar-refractivity contribution in [3.63, 3.8) is 0 Å². The lowest BCUT2D eigenvalue weighted by Gasteiger charge is -2.17. The molecule has 0 fully saturated rings. The Hall–Kier alpha value is -5.94. The van der Waals surface area contributed by atoms with Gasteiger partial charge >= 0.3 is 39.1 Å². The van der Waals surface area contributed by atoms with Gasteiger partial charge in [0, 0.05) is 0 Å². The van der Waals surface area contributed by atoms with E-state index in [4.69, 9.17) is 177 Å². The van der Waals surface area contributed by atoms with Crippen molar-refractivity contribution < 1.29 is 127 Å². The minimum atomic E-state index is -4.86. The quantitative estimate of drug-likeness (QED) is 0.0236. The lowest BCUT2D eigenvalue weighted by Crippen LogP contribution is -2.21. The zero-order valence-electron chi connectivity index (χ0n) is 62.8. The molecule has 0 saturated heterocycles. The predicted octanol–water partition coefficient (Wildman–Crippen LogP) is 18.2. The second-order valence-electron chi connectivity index (χ2n) is 24.4. The number of nitrogens with zero attached hydrogens (tertiary/aromatic N) is 10. The molecule has 0 aliphatic rings. The van der Waals surface area contributed by atoms with Crippen molar-refractivity contribution in [1.29, 1.82) is 0 Å². The summed E-state index contributed by atoms with van der Waals surface area (Å²) in [5, 5.41) is 30.4. The SMILES string of the molecule is Cc1ccc(NC(=O)c2c(Br)c(Cl)nn2C(C)OP(=O)(O)O)c(Cl)c1.Cc1ccc(NC(=O)c2c(Br)c(Cl)nn2COP(=O)(O)O)c(Cl)c1.Cc1ccc(NC(=O)c2c(Cl)c(Cl)nn2C(C)OP(=O)(O)O)c(Cl)c1.Cc1ccc(NC(=O)c2c(Cl)c(Cl)nn2C(C)OP(=O)(O)O)c(F)c1.Cc1ccc(NC(=O)c2c(Cl)c(Cl)nn2COP(=O)(O)O)c(F)c1. The fourth-order valence-corrected chi connectivity index (χ4v) is 14.8. The number of halogens is 15.